The van der Waals surface area contributed by atoms with Crippen LogP contribution in [0.1, 0.15) is 19.3 Å². The normalized spacial score (nSPS) is 16.0. The number of hydrogen-bond donors (Lipinski definition) is 18. The Balaban J connectivity index is 7.62. The third-order valence-corrected chi connectivity index (χ3v) is 13.2. The van der Waals surface area contributed by atoms with Gasteiger partial charge in [-0.05, 0) is 19.3 Å². The smallest absolute Gasteiger partial charge is 0.0900 e. The van der Waals surface area contributed by atoms with Gasteiger partial charge in [-0.2, -0.15) is 0 Å². The summed E-state index contributed by atoms with van der Waals surface area (Å²) in [5, 5.41) is 182. The number of aliphatic hydroxyl groups is 18. The Morgan fingerprint density at radius 1 is 0.274 bits per heavy atom. The molecule has 0 saturated carbocycles. The van der Waals surface area contributed by atoms with Crippen molar-refractivity contribution in [2.45, 2.75) is 55.9 Å². The van der Waals surface area contributed by atoms with Crippen LogP contribution in [0.2, 0.25) is 0 Å². The lowest BCUT2D eigenvalue weighted by Gasteiger charge is -2.38. The van der Waals surface area contributed by atoms with E-state index in [2.05, 4.69) is 0 Å². The van der Waals surface area contributed by atoms with E-state index in [0.717, 1.165) is 5.57 Å². The molecule has 0 fully saturated rings. The summed E-state index contributed by atoms with van der Waals surface area (Å²) in [6.45, 7) is -4.86. The zero-order chi connectivity index (χ0) is 62.7. The first kappa shape index (κ1) is 82.5. The Bertz CT molecular complexity index is 1340. The topological polar surface area (TPSA) is 445 Å². The second-order valence-electron chi connectivity index (χ2n) is 21.3. The molecule has 0 amide bonds. The maximum absolute atomic E-state index is 11.1. The minimum Gasteiger partial charge on any atom is -0.396 e. The Morgan fingerprint density at radius 3 is 0.655 bits per heavy atom. The van der Waals surface area contributed by atoms with Crippen LogP contribution in [-0.4, -0.2) is 423 Å². The predicted octanol–water partition coefficient (Wildman–Crippen LogP) is -9.24. The molecule has 0 heterocycles. The van der Waals surface area contributed by atoms with Crippen molar-refractivity contribution < 1.29 is 125 Å². The molecule has 0 saturated heterocycles. The van der Waals surface area contributed by atoms with Crippen molar-refractivity contribution in [1.29, 1.82) is 0 Å². The van der Waals surface area contributed by atoms with Gasteiger partial charge in [0.15, 0.2) is 0 Å². The van der Waals surface area contributed by atoms with Crippen LogP contribution in [0.25, 0.3) is 0 Å². The van der Waals surface area contributed by atoms with Gasteiger partial charge in [-0.15, -0.1) is 0 Å². The third-order valence-electron chi connectivity index (χ3n) is 13.2. The second-order valence-corrected chi connectivity index (χ2v) is 21.3. The van der Waals surface area contributed by atoms with Gasteiger partial charge in [0.05, 0.1) is 206 Å². The molecule has 0 radical (unpaired) electrons. The fourth-order valence-corrected chi connectivity index (χ4v) is 9.08. The van der Waals surface area contributed by atoms with E-state index in [1.165, 1.54) is 0 Å². The Kier molecular flexibility index (Phi) is 53.5. The van der Waals surface area contributed by atoms with E-state index in [0.29, 0.717) is 0 Å². The van der Waals surface area contributed by atoms with Gasteiger partial charge in [-0.3, -0.25) is 24.5 Å². The highest BCUT2D eigenvalue weighted by molar-refractivity contribution is 5.03. The standard InChI is InChI=1S/C54H113N5O25/c60-15-3-46(4-16-61)1-2-47(72)32-78-38-53(39-79-33-48(73)27-55(5-17-62)6-18-63,40-80-34-49(74)28-56(7-19-64)8-20-65)44-84-45-54(41-81-35-50(75)29-57(9-21-66)10-22-67,42-82-36-51(76)30-58(11-23-68)12-24-69)43-83-37-52(77)31-59(13-25-70)14-26-71/h1,47-52,60-77H,2-45H2. The van der Waals surface area contributed by atoms with Gasteiger partial charge in [0.2, 0.25) is 0 Å². The molecule has 18 N–H and O–H groups in total. The quantitative estimate of drug-likeness (QED) is 0.0252. The van der Waals surface area contributed by atoms with Crippen LogP contribution in [0, 0.1) is 10.8 Å². The lowest BCUT2D eigenvalue weighted by Crippen LogP contribution is -2.48. The van der Waals surface area contributed by atoms with Crippen molar-refractivity contribution in [3.05, 3.63) is 11.6 Å². The van der Waals surface area contributed by atoms with E-state index in [9.17, 15) is 91.9 Å². The summed E-state index contributed by atoms with van der Waals surface area (Å²) in [5.74, 6) is 0. The molecule has 0 spiro atoms. The molecular formula is C54H113N5O25. The number of aliphatic hydroxyl groups excluding tert-OH is 18. The average Bonchev–Trinajstić information content (AvgIpc) is 3.65. The van der Waals surface area contributed by atoms with Gasteiger partial charge in [-0.1, -0.05) is 11.6 Å². The van der Waals surface area contributed by atoms with Crippen molar-refractivity contribution in [3.63, 3.8) is 0 Å². The minimum atomic E-state index is -1.36. The minimum absolute atomic E-state index is 0.0115. The van der Waals surface area contributed by atoms with E-state index in [4.69, 9.17) is 33.2 Å². The van der Waals surface area contributed by atoms with E-state index >= 15 is 0 Å². The first-order valence-electron chi connectivity index (χ1n) is 29.3. The van der Waals surface area contributed by atoms with Crippen molar-refractivity contribution in [2.24, 2.45) is 10.8 Å². The average molecular weight is 1230 g/mol. The first-order valence-corrected chi connectivity index (χ1v) is 29.3. The van der Waals surface area contributed by atoms with E-state index < -0.39 is 47.5 Å². The highest BCUT2D eigenvalue weighted by atomic mass is 16.5. The van der Waals surface area contributed by atoms with Crippen LogP contribution in [0.3, 0.4) is 0 Å². The summed E-state index contributed by atoms with van der Waals surface area (Å²) in [5.41, 5.74) is -1.99. The summed E-state index contributed by atoms with van der Waals surface area (Å²) in [4.78, 5) is 8.19. The van der Waals surface area contributed by atoms with Crippen molar-refractivity contribution >= 4 is 0 Å². The van der Waals surface area contributed by atoms with Gasteiger partial charge in [0, 0.05) is 111 Å². The molecule has 0 aromatic carbocycles. The van der Waals surface area contributed by atoms with Gasteiger partial charge >= 0.3 is 0 Å². The van der Waals surface area contributed by atoms with Crippen molar-refractivity contribution in [2.75, 3.05) is 270 Å². The summed E-state index contributed by atoms with van der Waals surface area (Å²) in [6.07, 6.45) is -4.35. The van der Waals surface area contributed by atoms with Crippen LogP contribution < -0.4 is 0 Å². The summed E-state index contributed by atoms with van der Waals surface area (Å²) in [7, 11) is 0. The molecule has 84 heavy (non-hydrogen) atoms. The highest BCUT2D eigenvalue weighted by Crippen LogP contribution is 2.27. The Morgan fingerprint density at radius 2 is 0.464 bits per heavy atom. The third kappa shape index (κ3) is 42.5. The van der Waals surface area contributed by atoms with Gasteiger partial charge in [0.25, 0.3) is 0 Å². The lowest BCUT2D eigenvalue weighted by atomic mass is 9.90. The van der Waals surface area contributed by atoms with Gasteiger partial charge in [0.1, 0.15) is 0 Å². The van der Waals surface area contributed by atoms with Crippen LogP contribution in [0.5, 0.6) is 0 Å². The van der Waals surface area contributed by atoms with E-state index in [1.807, 2.05) is 0 Å². The molecule has 0 aliphatic rings. The number of ether oxygens (including phenoxy) is 7. The molecule has 0 aromatic heterocycles. The largest absolute Gasteiger partial charge is 0.396 e. The van der Waals surface area contributed by atoms with Crippen molar-refractivity contribution in [3.8, 4) is 0 Å². The molecule has 0 aliphatic carbocycles. The van der Waals surface area contributed by atoms with Crippen LogP contribution in [-0.2, 0) is 33.2 Å². The monoisotopic (exact) mass is 1230 g/mol. The van der Waals surface area contributed by atoms with Gasteiger partial charge < -0.3 is 125 Å². The fraction of sp³-hybridized carbons (Fsp3) is 0.963. The van der Waals surface area contributed by atoms with Crippen LogP contribution >= 0.6 is 0 Å². The molecular weight excluding hydrogens is 1120 g/mol. The van der Waals surface area contributed by atoms with Crippen LogP contribution in [0.15, 0.2) is 11.6 Å². The maximum atomic E-state index is 11.1. The number of nitrogens with zero attached hydrogens (tertiary/aromatic N) is 5. The lowest BCUT2D eigenvalue weighted by molar-refractivity contribution is -0.158. The van der Waals surface area contributed by atoms with Crippen LogP contribution in [0.4, 0.5) is 0 Å². The molecule has 504 valence electrons. The highest BCUT2D eigenvalue weighted by Gasteiger charge is 2.38. The maximum Gasteiger partial charge on any atom is 0.0900 e. The molecule has 6 unspecified atom stereocenters. The predicted molar refractivity (Wildman–Crippen MR) is 306 cm³/mol. The molecule has 0 aliphatic heterocycles. The van der Waals surface area contributed by atoms with E-state index in [1.54, 1.807) is 30.6 Å². The molecule has 0 rings (SSSR count). The molecule has 30 nitrogen and oxygen atoms in total. The Labute approximate surface area is 496 Å². The summed E-state index contributed by atoms with van der Waals surface area (Å²) < 4.78 is 43.8. The number of hydrogen-bond acceptors (Lipinski definition) is 30. The zero-order valence-electron chi connectivity index (χ0n) is 49.8. The SMILES string of the molecule is OCCC(=CCC(O)COCC(COCC(O)CN(CCO)CCO)(COCC(O)CN(CCO)CCO)COCC(COCC(O)CN(CCO)CCO)(COCC(O)CN(CCO)CCO)COCC(O)CN(CCO)CCO)CCO. The molecule has 0 aromatic rings. The van der Waals surface area contributed by atoms with Crippen molar-refractivity contribution in [1.82, 2.24) is 24.5 Å². The zero-order valence-corrected chi connectivity index (χ0v) is 49.8. The van der Waals surface area contributed by atoms with Gasteiger partial charge in [-0.25, -0.2) is 0 Å². The Hall–Kier alpha value is -1.46. The molecule has 30 heteroatoms. The second kappa shape index (κ2) is 54.5. The summed E-state index contributed by atoms with van der Waals surface area (Å²) in [6, 6.07) is 0. The first-order chi connectivity index (χ1) is 40.5. The molecule has 0 bridgehead atoms. The van der Waals surface area contributed by atoms with E-state index in [-0.39, 0.29) is 289 Å². The summed E-state index contributed by atoms with van der Waals surface area (Å²) >= 11 is 0. The fourth-order valence-electron chi connectivity index (χ4n) is 9.08. The molecule has 6 atom stereocenters. The number of rotatable bonds is 64.